The molecule has 7 nitrogen and oxygen atoms in total. The molecule has 0 bridgehead atoms. The number of amides is 3. The monoisotopic (exact) mass is 524 g/mol. The summed E-state index contributed by atoms with van der Waals surface area (Å²) in [6.45, 7) is 13.6. The number of carbonyl (C=O) groups is 3. The normalized spacial score (nSPS) is 16.6. The fourth-order valence-electron chi connectivity index (χ4n) is 5.37. The van der Waals surface area contributed by atoms with Crippen LogP contribution in [-0.4, -0.2) is 60.2 Å². The smallest absolute Gasteiger partial charge is 0.258 e. The van der Waals surface area contributed by atoms with Gasteiger partial charge >= 0.3 is 0 Å². The first-order valence-corrected chi connectivity index (χ1v) is 14.3. The molecule has 1 aromatic carbocycles. The summed E-state index contributed by atoms with van der Waals surface area (Å²) in [4.78, 5) is 46.1. The molecular weight excluding hydrogens is 484 g/mol. The fourth-order valence-corrected chi connectivity index (χ4v) is 6.20. The first kappa shape index (κ1) is 27.3. The van der Waals surface area contributed by atoms with Gasteiger partial charge < -0.3 is 10.2 Å². The SMILES string of the molecule is CCN(CCCC1CCN(CC(=O)N2c3ccccc3NC(=O)c3csc(C)c32)CC1)C(=O)C(C)(C)C. The maximum Gasteiger partial charge on any atom is 0.258 e. The summed E-state index contributed by atoms with van der Waals surface area (Å²) in [7, 11) is 0. The summed E-state index contributed by atoms with van der Waals surface area (Å²) in [6, 6.07) is 7.52. The van der Waals surface area contributed by atoms with E-state index in [1.165, 1.54) is 11.3 Å². The molecular formula is C29H40N4O3S. The average Bonchev–Trinajstić information content (AvgIpc) is 3.18. The number of benzene rings is 1. The molecule has 2 aliphatic rings. The molecule has 1 aromatic heterocycles. The third-order valence-electron chi connectivity index (χ3n) is 7.47. The first-order valence-electron chi connectivity index (χ1n) is 13.4. The van der Waals surface area contributed by atoms with Crippen LogP contribution in [0.4, 0.5) is 17.1 Å². The van der Waals surface area contributed by atoms with Gasteiger partial charge in [0.2, 0.25) is 11.8 Å². The van der Waals surface area contributed by atoms with Gasteiger partial charge in [0.15, 0.2) is 0 Å². The van der Waals surface area contributed by atoms with Crippen LogP contribution in [0.3, 0.4) is 0 Å². The Bertz CT molecular complexity index is 1140. The van der Waals surface area contributed by atoms with Crippen molar-refractivity contribution in [3.8, 4) is 0 Å². The van der Waals surface area contributed by atoms with Crippen LogP contribution >= 0.6 is 11.3 Å². The van der Waals surface area contributed by atoms with Crippen molar-refractivity contribution in [1.29, 1.82) is 0 Å². The van der Waals surface area contributed by atoms with E-state index in [-0.39, 0.29) is 23.1 Å². The van der Waals surface area contributed by atoms with Crippen molar-refractivity contribution in [2.24, 2.45) is 11.3 Å². The van der Waals surface area contributed by atoms with Crippen molar-refractivity contribution in [3.63, 3.8) is 0 Å². The molecule has 1 N–H and O–H groups in total. The van der Waals surface area contributed by atoms with Crippen molar-refractivity contribution in [2.75, 3.05) is 42.9 Å². The van der Waals surface area contributed by atoms with Gasteiger partial charge in [-0.05, 0) is 70.7 Å². The number of anilines is 3. The third-order valence-corrected chi connectivity index (χ3v) is 8.37. The van der Waals surface area contributed by atoms with Gasteiger partial charge in [0.1, 0.15) is 0 Å². The van der Waals surface area contributed by atoms with Crippen molar-refractivity contribution in [1.82, 2.24) is 9.80 Å². The number of piperidine rings is 1. The molecule has 37 heavy (non-hydrogen) atoms. The molecule has 0 unspecified atom stereocenters. The van der Waals surface area contributed by atoms with E-state index in [2.05, 4.69) is 10.2 Å². The van der Waals surface area contributed by atoms with Crippen molar-refractivity contribution < 1.29 is 14.4 Å². The first-order chi connectivity index (χ1) is 17.6. The number of likely N-dealkylation sites (tertiary alicyclic amines) is 1. The summed E-state index contributed by atoms with van der Waals surface area (Å²) in [5.74, 6) is 0.666. The number of hydrogen-bond acceptors (Lipinski definition) is 5. The minimum atomic E-state index is -0.340. The van der Waals surface area contributed by atoms with Crippen LogP contribution in [0.25, 0.3) is 0 Å². The molecule has 0 radical (unpaired) electrons. The lowest BCUT2D eigenvalue weighted by Crippen LogP contribution is -2.42. The molecule has 0 atom stereocenters. The molecule has 2 aliphatic heterocycles. The second-order valence-corrected chi connectivity index (χ2v) is 12.3. The van der Waals surface area contributed by atoms with Gasteiger partial charge in [0, 0.05) is 28.8 Å². The number of nitrogens with one attached hydrogen (secondary N) is 1. The van der Waals surface area contributed by atoms with Gasteiger partial charge in [-0.3, -0.25) is 24.2 Å². The summed E-state index contributed by atoms with van der Waals surface area (Å²) >= 11 is 1.50. The zero-order chi connectivity index (χ0) is 26.7. The van der Waals surface area contributed by atoms with Crippen molar-refractivity contribution >= 4 is 46.1 Å². The molecule has 3 amide bonds. The molecule has 0 aliphatic carbocycles. The highest BCUT2D eigenvalue weighted by Gasteiger charge is 2.33. The van der Waals surface area contributed by atoms with Gasteiger partial charge in [-0.15, -0.1) is 11.3 Å². The summed E-state index contributed by atoms with van der Waals surface area (Å²) in [6.07, 6.45) is 4.25. The number of carbonyl (C=O) groups excluding carboxylic acids is 3. The molecule has 200 valence electrons. The molecule has 3 heterocycles. The van der Waals surface area contributed by atoms with E-state index >= 15 is 0 Å². The second kappa shape index (κ2) is 11.4. The largest absolute Gasteiger partial charge is 0.343 e. The predicted molar refractivity (Wildman–Crippen MR) is 151 cm³/mol. The van der Waals surface area contributed by atoms with E-state index in [0.717, 1.165) is 62.4 Å². The molecule has 0 saturated carbocycles. The van der Waals surface area contributed by atoms with Crippen LogP contribution in [0.2, 0.25) is 0 Å². The number of para-hydroxylation sites is 2. The van der Waals surface area contributed by atoms with Crippen molar-refractivity contribution in [2.45, 2.75) is 60.3 Å². The number of nitrogens with zero attached hydrogens (tertiary/aromatic N) is 3. The van der Waals surface area contributed by atoms with E-state index in [9.17, 15) is 14.4 Å². The summed E-state index contributed by atoms with van der Waals surface area (Å²) in [5, 5.41) is 4.81. The van der Waals surface area contributed by atoms with Crippen LogP contribution in [0.15, 0.2) is 29.6 Å². The van der Waals surface area contributed by atoms with Crippen LogP contribution in [0.1, 0.15) is 68.6 Å². The van der Waals surface area contributed by atoms with E-state index in [1.54, 1.807) is 4.90 Å². The Morgan fingerprint density at radius 1 is 1.16 bits per heavy atom. The Morgan fingerprint density at radius 2 is 1.86 bits per heavy atom. The van der Waals surface area contributed by atoms with Crippen LogP contribution in [0.5, 0.6) is 0 Å². The highest BCUT2D eigenvalue weighted by atomic mass is 32.1. The van der Waals surface area contributed by atoms with Gasteiger partial charge in [0.25, 0.3) is 5.91 Å². The second-order valence-electron chi connectivity index (χ2n) is 11.3. The van der Waals surface area contributed by atoms with Crippen LogP contribution in [0, 0.1) is 18.3 Å². The fraction of sp³-hybridized carbons (Fsp3) is 0.552. The molecule has 0 spiro atoms. The zero-order valence-electron chi connectivity index (χ0n) is 22.8. The number of aryl methyl sites for hydroxylation is 1. The van der Waals surface area contributed by atoms with E-state index in [4.69, 9.17) is 0 Å². The molecule has 1 fully saturated rings. The Morgan fingerprint density at radius 3 is 2.54 bits per heavy atom. The number of fused-ring (bicyclic) bond motifs is 2. The third kappa shape index (κ3) is 6.07. The maximum absolute atomic E-state index is 13.7. The zero-order valence-corrected chi connectivity index (χ0v) is 23.6. The molecule has 4 rings (SSSR count). The van der Waals surface area contributed by atoms with E-state index in [0.29, 0.717) is 29.4 Å². The molecule has 2 aromatic rings. The summed E-state index contributed by atoms with van der Waals surface area (Å²) in [5.41, 5.74) is 2.30. The highest BCUT2D eigenvalue weighted by molar-refractivity contribution is 7.11. The number of rotatable bonds is 7. The Kier molecular flexibility index (Phi) is 8.39. The lowest BCUT2D eigenvalue weighted by atomic mass is 9.91. The Labute approximate surface area is 224 Å². The Hall–Kier alpha value is -2.71. The molecule has 1 saturated heterocycles. The lowest BCUT2D eigenvalue weighted by molar-refractivity contribution is -0.139. The minimum Gasteiger partial charge on any atom is -0.343 e. The highest BCUT2D eigenvalue weighted by Crippen LogP contribution is 2.42. The van der Waals surface area contributed by atoms with Gasteiger partial charge in [-0.1, -0.05) is 32.9 Å². The minimum absolute atomic E-state index is 0.00979. The van der Waals surface area contributed by atoms with Gasteiger partial charge in [0.05, 0.1) is 29.2 Å². The quantitative estimate of drug-likeness (QED) is 0.506. The maximum atomic E-state index is 13.7. The standard InChI is InChI=1S/C29H40N4O3S/c1-6-32(28(36)29(3,4)5)15-9-10-21-13-16-31(17-14-21)18-25(34)33-24-12-8-7-11-23(24)30-27(35)22-19-37-20(2)26(22)33/h7-8,11-12,19,21H,6,9-10,13-18H2,1-5H3,(H,30,35). The van der Waals surface area contributed by atoms with Crippen LogP contribution < -0.4 is 10.2 Å². The predicted octanol–water partition coefficient (Wildman–Crippen LogP) is 5.67. The lowest BCUT2D eigenvalue weighted by Gasteiger charge is -2.34. The summed E-state index contributed by atoms with van der Waals surface area (Å²) < 4.78 is 0. The number of hydrogen-bond donors (Lipinski definition) is 1. The average molecular weight is 525 g/mol. The van der Waals surface area contributed by atoms with Gasteiger partial charge in [-0.2, -0.15) is 0 Å². The van der Waals surface area contributed by atoms with E-state index in [1.807, 2.05) is 69.2 Å². The molecule has 8 heteroatoms. The van der Waals surface area contributed by atoms with E-state index < -0.39 is 0 Å². The Balaban J connectivity index is 1.35. The van der Waals surface area contributed by atoms with Crippen LogP contribution in [-0.2, 0) is 9.59 Å². The number of thiophene rings is 1. The topological polar surface area (TPSA) is 73.0 Å². The van der Waals surface area contributed by atoms with Gasteiger partial charge in [-0.25, -0.2) is 0 Å². The van der Waals surface area contributed by atoms with Crippen molar-refractivity contribution in [3.05, 3.63) is 40.1 Å².